The normalized spacial score (nSPS) is 25.4. The van der Waals surface area contributed by atoms with Crippen molar-refractivity contribution >= 4 is 11.6 Å². The molecule has 2 heterocycles. The molecule has 0 radical (unpaired) electrons. The highest BCUT2D eigenvalue weighted by Gasteiger charge is 2.47. The van der Waals surface area contributed by atoms with Crippen LogP contribution in [0.2, 0.25) is 0 Å². The number of hydrogen-bond acceptors (Lipinski definition) is 3. The Bertz CT molecular complexity index is 1060. The average Bonchev–Trinajstić information content (AvgIpc) is 3.23. The third-order valence-corrected chi connectivity index (χ3v) is 6.94. The van der Waals surface area contributed by atoms with E-state index in [4.69, 9.17) is 0 Å². The number of hydrogen-bond donors (Lipinski definition) is 1. The number of benzene rings is 2. The highest BCUT2D eigenvalue weighted by Crippen LogP contribution is 2.41. The summed E-state index contributed by atoms with van der Waals surface area (Å²) in [5.74, 6) is -1.22. The molecule has 0 aromatic heterocycles. The molecule has 8 heteroatoms. The molecule has 2 unspecified atom stereocenters. The number of urea groups is 1. The molecule has 1 fully saturated rings. The second kappa shape index (κ2) is 9.80. The zero-order valence-electron chi connectivity index (χ0n) is 19.4. The summed E-state index contributed by atoms with van der Waals surface area (Å²) in [6.45, 7) is 2.46. The van der Waals surface area contributed by atoms with Crippen LogP contribution < -0.4 is 0 Å². The number of likely N-dealkylation sites (tertiary alicyclic amines) is 1. The van der Waals surface area contributed by atoms with E-state index < -0.39 is 42.0 Å². The van der Waals surface area contributed by atoms with Crippen molar-refractivity contribution in [2.24, 2.45) is 0 Å². The lowest BCUT2D eigenvalue weighted by Gasteiger charge is -2.44. The Kier molecular flexibility index (Phi) is 7.00. The molecule has 0 aliphatic carbocycles. The molecule has 2 aromatic carbocycles. The van der Waals surface area contributed by atoms with E-state index in [1.54, 1.807) is 37.3 Å². The van der Waals surface area contributed by atoms with Gasteiger partial charge in [-0.25, -0.2) is 18.0 Å². The molecule has 4 rings (SSSR count). The number of aliphatic hydroxyl groups excluding tert-OH is 1. The number of alkyl halides is 1. The Morgan fingerprint density at radius 3 is 2.59 bits per heavy atom. The summed E-state index contributed by atoms with van der Waals surface area (Å²) < 4.78 is 43.7. The first-order chi connectivity index (χ1) is 16.3. The lowest BCUT2D eigenvalue weighted by atomic mass is 9.89. The maximum atomic E-state index is 15.0. The predicted molar refractivity (Wildman–Crippen MR) is 125 cm³/mol. The maximum absolute atomic E-state index is 15.0. The second-order valence-electron chi connectivity index (χ2n) is 9.03. The molecule has 0 spiro atoms. The number of amides is 2. The molecule has 2 amide bonds. The van der Waals surface area contributed by atoms with Crippen molar-refractivity contribution in [3.63, 3.8) is 0 Å². The van der Waals surface area contributed by atoms with Crippen molar-refractivity contribution in [1.29, 1.82) is 0 Å². The molecule has 1 saturated heterocycles. The van der Waals surface area contributed by atoms with Crippen molar-refractivity contribution in [3.8, 4) is 0 Å². The fourth-order valence-corrected chi connectivity index (χ4v) is 5.12. The molecular weight excluding hydrogens is 443 g/mol. The molecule has 34 heavy (non-hydrogen) atoms. The van der Waals surface area contributed by atoms with Crippen LogP contribution >= 0.6 is 0 Å². The van der Waals surface area contributed by atoms with Crippen LogP contribution in [0.1, 0.15) is 24.5 Å². The maximum Gasteiger partial charge on any atom is 0.321 e. The van der Waals surface area contributed by atoms with Gasteiger partial charge in [0.2, 0.25) is 0 Å². The van der Waals surface area contributed by atoms with Gasteiger partial charge in [-0.1, -0.05) is 30.3 Å². The van der Waals surface area contributed by atoms with E-state index in [2.05, 4.69) is 0 Å². The van der Waals surface area contributed by atoms with Crippen LogP contribution in [-0.4, -0.2) is 77.9 Å². The van der Waals surface area contributed by atoms with E-state index in [0.717, 1.165) is 18.2 Å². The minimum atomic E-state index is -1.29. The number of carbonyl (C=O) groups excluding carboxylic acids is 1. The zero-order valence-corrected chi connectivity index (χ0v) is 19.4. The quantitative estimate of drug-likeness (QED) is 0.713. The molecule has 2 aromatic rings. The van der Waals surface area contributed by atoms with E-state index in [0.29, 0.717) is 24.1 Å². The lowest BCUT2D eigenvalue weighted by Crippen LogP contribution is -2.59. The van der Waals surface area contributed by atoms with Gasteiger partial charge >= 0.3 is 6.03 Å². The van der Waals surface area contributed by atoms with Crippen LogP contribution in [0.25, 0.3) is 5.57 Å². The highest BCUT2D eigenvalue weighted by atomic mass is 19.1. The SMILES string of the molecule is CCN(C(=O)N1CC(c2cc(F)ccc2F)=C[C@@]1(CO)c1ccccc1)C1CCN(C)CC1F. The lowest BCUT2D eigenvalue weighted by molar-refractivity contribution is 0.0337. The minimum Gasteiger partial charge on any atom is -0.393 e. The van der Waals surface area contributed by atoms with Crippen LogP contribution in [0.15, 0.2) is 54.6 Å². The van der Waals surface area contributed by atoms with Crippen molar-refractivity contribution in [2.45, 2.75) is 31.1 Å². The molecule has 3 atom stereocenters. The molecule has 2 aliphatic rings. The van der Waals surface area contributed by atoms with Crippen molar-refractivity contribution in [1.82, 2.24) is 14.7 Å². The first-order valence-corrected chi connectivity index (χ1v) is 11.5. The molecule has 1 N–H and O–H groups in total. The van der Waals surface area contributed by atoms with Crippen molar-refractivity contribution in [2.75, 3.05) is 39.8 Å². The van der Waals surface area contributed by atoms with Crippen LogP contribution in [0.4, 0.5) is 18.0 Å². The summed E-state index contributed by atoms with van der Waals surface area (Å²) in [4.78, 5) is 18.8. The Labute approximate surface area is 198 Å². The number of aliphatic hydroxyl groups is 1. The standard InChI is InChI=1S/C26H30F3N3O2/c1-3-31(24-11-12-30(2)16-23(24)29)25(34)32-15-18(21-13-20(27)9-10-22(21)28)14-26(32,17-33)19-7-5-4-6-8-19/h4-10,13-14,23-24,33H,3,11-12,15-17H2,1-2H3/t23?,24?,26-/m1/s1. The fraction of sp³-hybridized carbons (Fsp3) is 0.423. The minimum absolute atomic E-state index is 0.0368. The van der Waals surface area contributed by atoms with Gasteiger partial charge in [-0.3, -0.25) is 0 Å². The summed E-state index contributed by atoms with van der Waals surface area (Å²) in [5, 5.41) is 10.6. The predicted octanol–water partition coefficient (Wildman–Crippen LogP) is 4.04. The molecule has 0 bridgehead atoms. The smallest absolute Gasteiger partial charge is 0.321 e. The number of piperidine rings is 1. The number of rotatable bonds is 5. The number of nitrogens with zero attached hydrogens (tertiary/aromatic N) is 3. The third kappa shape index (κ3) is 4.32. The van der Waals surface area contributed by atoms with Crippen LogP contribution in [-0.2, 0) is 5.54 Å². The van der Waals surface area contributed by atoms with E-state index >= 15 is 4.39 Å². The molecule has 2 aliphatic heterocycles. The van der Waals surface area contributed by atoms with Crippen LogP contribution in [0.5, 0.6) is 0 Å². The highest BCUT2D eigenvalue weighted by molar-refractivity contribution is 5.84. The Morgan fingerprint density at radius 2 is 1.94 bits per heavy atom. The third-order valence-electron chi connectivity index (χ3n) is 6.94. The Hall–Kier alpha value is -2.84. The molecule has 0 saturated carbocycles. The van der Waals surface area contributed by atoms with Crippen LogP contribution in [0, 0.1) is 11.6 Å². The van der Waals surface area contributed by atoms with Gasteiger partial charge in [0.15, 0.2) is 0 Å². The van der Waals surface area contributed by atoms with Crippen LogP contribution in [0.3, 0.4) is 0 Å². The summed E-state index contributed by atoms with van der Waals surface area (Å²) in [5.41, 5.74) is -0.236. The van der Waals surface area contributed by atoms with Crippen molar-refractivity contribution in [3.05, 3.63) is 77.4 Å². The zero-order chi connectivity index (χ0) is 24.5. The van der Waals surface area contributed by atoms with Crippen molar-refractivity contribution < 1.29 is 23.1 Å². The molecular formula is C26H30F3N3O2. The van der Waals surface area contributed by atoms with Gasteiger partial charge < -0.3 is 19.8 Å². The van der Waals surface area contributed by atoms with Gasteiger partial charge in [0.25, 0.3) is 0 Å². The van der Waals surface area contributed by atoms with E-state index in [9.17, 15) is 18.7 Å². The van der Waals surface area contributed by atoms with Gasteiger partial charge in [-0.05, 0) is 55.8 Å². The Morgan fingerprint density at radius 1 is 1.21 bits per heavy atom. The van der Waals surface area contributed by atoms with Gasteiger partial charge in [0, 0.05) is 31.7 Å². The van der Waals surface area contributed by atoms with Gasteiger partial charge in [0.1, 0.15) is 23.3 Å². The van der Waals surface area contributed by atoms with E-state index in [1.165, 1.54) is 9.80 Å². The first kappa shape index (κ1) is 24.3. The molecule has 5 nitrogen and oxygen atoms in total. The summed E-state index contributed by atoms with van der Waals surface area (Å²) in [7, 11) is 1.84. The number of carbonyl (C=O) groups is 1. The topological polar surface area (TPSA) is 47.0 Å². The summed E-state index contributed by atoms with van der Waals surface area (Å²) in [6, 6.07) is 11.1. The first-order valence-electron chi connectivity index (χ1n) is 11.5. The van der Waals surface area contributed by atoms with Gasteiger partial charge in [-0.2, -0.15) is 0 Å². The summed E-state index contributed by atoms with van der Waals surface area (Å²) >= 11 is 0. The average molecular weight is 474 g/mol. The number of halogens is 3. The molecule has 182 valence electrons. The Balaban J connectivity index is 1.77. The van der Waals surface area contributed by atoms with Gasteiger partial charge in [-0.15, -0.1) is 0 Å². The van der Waals surface area contributed by atoms with E-state index in [1.807, 2.05) is 18.0 Å². The fourth-order valence-electron chi connectivity index (χ4n) is 5.12. The largest absolute Gasteiger partial charge is 0.393 e. The van der Waals surface area contributed by atoms with E-state index in [-0.39, 0.29) is 25.2 Å². The second-order valence-corrected chi connectivity index (χ2v) is 9.03. The van der Waals surface area contributed by atoms with Gasteiger partial charge in [0.05, 0.1) is 12.6 Å². The summed E-state index contributed by atoms with van der Waals surface area (Å²) in [6.07, 6.45) is 0.910. The monoisotopic (exact) mass is 473 g/mol.